The lowest BCUT2D eigenvalue weighted by Gasteiger charge is -2.08. The van der Waals surface area contributed by atoms with Crippen molar-refractivity contribution in [1.82, 2.24) is 15.2 Å². The Hall–Kier alpha value is -2.08. The summed E-state index contributed by atoms with van der Waals surface area (Å²) in [5, 5.41) is 12.0. The number of hydrogen-bond donors (Lipinski definition) is 3. The molecule has 0 atom stereocenters. The maximum atomic E-state index is 11.6. The molecule has 7 heteroatoms. The van der Waals surface area contributed by atoms with E-state index in [1.54, 1.807) is 18.3 Å². The second-order valence-electron chi connectivity index (χ2n) is 3.37. The van der Waals surface area contributed by atoms with Gasteiger partial charge in [0.05, 0.1) is 18.1 Å². The van der Waals surface area contributed by atoms with E-state index in [4.69, 9.17) is 11.6 Å². The molecule has 2 aromatic rings. The van der Waals surface area contributed by atoms with Crippen molar-refractivity contribution in [2.45, 2.75) is 6.92 Å². The molecular weight excluding hydrogens is 242 g/mol. The molecule has 0 aliphatic heterocycles. The van der Waals surface area contributed by atoms with Crippen LogP contribution in [0.3, 0.4) is 0 Å². The Labute approximate surface area is 102 Å². The first kappa shape index (κ1) is 11.4. The molecule has 0 aliphatic carbocycles. The Morgan fingerprint density at radius 1 is 1.47 bits per heavy atom. The Morgan fingerprint density at radius 2 is 2.29 bits per heavy atom. The summed E-state index contributed by atoms with van der Waals surface area (Å²) >= 11 is 5.72. The van der Waals surface area contributed by atoms with Crippen LogP contribution in [0.25, 0.3) is 0 Å². The number of amides is 2. The third kappa shape index (κ3) is 2.94. The topological polar surface area (TPSA) is 82.7 Å². The lowest BCUT2D eigenvalue weighted by atomic mass is 10.2. The van der Waals surface area contributed by atoms with Crippen molar-refractivity contribution in [1.29, 1.82) is 0 Å². The van der Waals surface area contributed by atoms with Crippen LogP contribution in [0.2, 0.25) is 5.15 Å². The van der Waals surface area contributed by atoms with E-state index < -0.39 is 0 Å². The molecule has 17 heavy (non-hydrogen) atoms. The van der Waals surface area contributed by atoms with Gasteiger partial charge in [-0.15, -0.1) is 0 Å². The number of aromatic nitrogens is 3. The van der Waals surface area contributed by atoms with Crippen molar-refractivity contribution in [3.63, 3.8) is 0 Å². The zero-order chi connectivity index (χ0) is 12.3. The third-order valence-electron chi connectivity index (χ3n) is 2.07. The van der Waals surface area contributed by atoms with Crippen LogP contribution >= 0.6 is 11.6 Å². The van der Waals surface area contributed by atoms with Gasteiger partial charge in [0.1, 0.15) is 11.0 Å². The second kappa shape index (κ2) is 4.84. The summed E-state index contributed by atoms with van der Waals surface area (Å²) < 4.78 is 0. The van der Waals surface area contributed by atoms with Crippen molar-refractivity contribution in [3.8, 4) is 0 Å². The minimum absolute atomic E-state index is 0.374. The minimum Gasteiger partial charge on any atom is -0.306 e. The maximum absolute atomic E-state index is 11.6. The van der Waals surface area contributed by atoms with Gasteiger partial charge in [-0.1, -0.05) is 11.6 Å². The molecule has 0 saturated carbocycles. The Bertz CT molecular complexity index is 525. The summed E-state index contributed by atoms with van der Waals surface area (Å²) in [6.07, 6.45) is 3.05. The van der Waals surface area contributed by atoms with Gasteiger partial charge in [-0.05, 0) is 18.6 Å². The SMILES string of the molecule is Cc1cc(Cl)ncc1NC(=O)Nc1ccn[nH]1. The average molecular weight is 252 g/mol. The summed E-state index contributed by atoms with van der Waals surface area (Å²) in [4.78, 5) is 15.5. The van der Waals surface area contributed by atoms with E-state index in [9.17, 15) is 4.79 Å². The molecule has 88 valence electrons. The van der Waals surface area contributed by atoms with Crippen LogP contribution in [0.4, 0.5) is 16.3 Å². The van der Waals surface area contributed by atoms with Crippen molar-refractivity contribution >= 4 is 29.1 Å². The summed E-state index contributed by atoms with van der Waals surface area (Å²) in [7, 11) is 0. The fraction of sp³-hybridized carbons (Fsp3) is 0.100. The van der Waals surface area contributed by atoms with Crippen LogP contribution < -0.4 is 10.6 Å². The van der Waals surface area contributed by atoms with Gasteiger partial charge in [-0.3, -0.25) is 10.4 Å². The molecular formula is C10H10ClN5O. The van der Waals surface area contributed by atoms with Gasteiger partial charge < -0.3 is 5.32 Å². The summed E-state index contributed by atoms with van der Waals surface area (Å²) in [6, 6.07) is 2.95. The second-order valence-corrected chi connectivity index (χ2v) is 3.76. The number of carbonyl (C=O) groups is 1. The minimum atomic E-state index is -0.374. The molecule has 0 unspecified atom stereocenters. The molecule has 0 fully saturated rings. The first-order valence-corrected chi connectivity index (χ1v) is 5.22. The fourth-order valence-electron chi connectivity index (χ4n) is 1.25. The van der Waals surface area contributed by atoms with Gasteiger partial charge in [0, 0.05) is 6.07 Å². The zero-order valence-electron chi connectivity index (χ0n) is 8.99. The highest BCUT2D eigenvalue weighted by atomic mass is 35.5. The standard InChI is InChI=1S/C10H10ClN5O/c1-6-4-8(11)12-5-7(6)14-10(17)15-9-2-3-13-16-9/h2-5H,1H3,(H3,13,14,15,16,17). The van der Waals surface area contributed by atoms with Crippen molar-refractivity contribution in [2.75, 3.05) is 10.6 Å². The number of urea groups is 1. The lowest BCUT2D eigenvalue weighted by molar-refractivity contribution is 0.262. The van der Waals surface area contributed by atoms with E-state index in [1.165, 1.54) is 6.20 Å². The third-order valence-corrected chi connectivity index (χ3v) is 2.28. The number of carbonyl (C=O) groups excluding carboxylic acids is 1. The van der Waals surface area contributed by atoms with Gasteiger partial charge in [0.15, 0.2) is 0 Å². The number of aryl methyl sites for hydroxylation is 1. The van der Waals surface area contributed by atoms with Crippen LogP contribution in [0.15, 0.2) is 24.5 Å². The molecule has 2 aromatic heterocycles. The van der Waals surface area contributed by atoms with Crippen molar-refractivity contribution in [3.05, 3.63) is 35.2 Å². The molecule has 0 spiro atoms. The number of rotatable bonds is 2. The van der Waals surface area contributed by atoms with E-state index in [2.05, 4.69) is 25.8 Å². The van der Waals surface area contributed by atoms with Crippen LogP contribution in [0.1, 0.15) is 5.56 Å². The van der Waals surface area contributed by atoms with Gasteiger partial charge in [0.2, 0.25) is 0 Å². The maximum Gasteiger partial charge on any atom is 0.324 e. The molecule has 0 aromatic carbocycles. The fourth-order valence-corrected chi connectivity index (χ4v) is 1.47. The monoisotopic (exact) mass is 251 g/mol. The largest absolute Gasteiger partial charge is 0.324 e. The van der Waals surface area contributed by atoms with Crippen molar-refractivity contribution in [2.24, 2.45) is 0 Å². The molecule has 0 radical (unpaired) electrons. The van der Waals surface area contributed by atoms with Gasteiger partial charge in [-0.2, -0.15) is 5.10 Å². The number of H-pyrrole nitrogens is 1. The predicted octanol–water partition coefficient (Wildman–Crippen LogP) is 2.41. The van der Waals surface area contributed by atoms with Crippen LogP contribution in [0, 0.1) is 6.92 Å². The van der Waals surface area contributed by atoms with Gasteiger partial charge in [-0.25, -0.2) is 9.78 Å². The van der Waals surface area contributed by atoms with Crippen LogP contribution in [-0.2, 0) is 0 Å². The first-order valence-electron chi connectivity index (χ1n) is 4.84. The highest BCUT2D eigenvalue weighted by Gasteiger charge is 2.06. The molecule has 0 aliphatic rings. The zero-order valence-corrected chi connectivity index (χ0v) is 9.75. The molecule has 0 bridgehead atoms. The average Bonchev–Trinajstić information content (AvgIpc) is 2.75. The quantitative estimate of drug-likeness (QED) is 0.717. The number of halogens is 1. The lowest BCUT2D eigenvalue weighted by Crippen LogP contribution is -2.20. The molecule has 6 nitrogen and oxygen atoms in total. The number of aromatic amines is 1. The van der Waals surface area contributed by atoms with E-state index in [1.807, 2.05) is 6.92 Å². The van der Waals surface area contributed by atoms with Gasteiger partial charge in [0.25, 0.3) is 0 Å². The summed E-state index contributed by atoms with van der Waals surface area (Å²) in [5.41, 5.74) is 1.44. The van der Waals surface area contributed by atoms with Crippen LogP contribution in [0.5, 0.6) is 0 Å². The predicted molar refractivity (Wildman–Crippen MR) is 65.2 cm³/mol. The van der Waals surface area contributed by atoms with Crippen molar-refractivity contribution < 1.29 is 4.79 Å². The van der Waals surface area contributed by atoms with E-state index in [0.717, 1.165) is 5.56 Å². The van der Waals surface area contributed by atoms with Crippen LogP contribution in [-0.4, -0.2) is 21.2 Å². The number of anilines is 2. The number of nitrogens with one attached hydrogen (secondary N) is 3. The van der Waals surface area contributed by atoms with E-state index in [0.29, 0.717) is 16.7 Å². The van der Waals surface area contributed by atoms with Gasteiger partial charge >= 0.3 is 6.03 Å². The normalized spacial score (nSPS) is 10.0. The summed E-state index contributed by atoms with van der Waals surface area (Å²) in [5.74, 6) is 0.516. The molecule has 2 heterocycles. The molecule has 0 saturated heterocycles. The molecule has 2 rings (SSSR count). The number of nitrogens with zero attached hydrogens (tertiary/aromatic N) is 2. The first-order chi connectivity index (χ1) is 8.15. The highest BCUT2D eigenvalue weighted by Crippen LogP contribution is 2.16. The smallest absolute Gasteiger partial charge is 0.306 e. The Morgan fingerprint density at radius 3 is 2.94 bits per heavy atom. The highest BCUT2D eigenvalue weighted by molar-refractivity contribution is 6.29. The van der Waals surface area contributed by atoms with E-state index in [-0.39, 0.29) is 6.03 Å². The molecule has 2 amide bonds. The number of hydrogen-bond acceptors (Lipinski definition) is 3. The Balaban J connectivity index is 2.03. The Kier molecular flexibility index (Phi) is 3.24. The van der Waals surface area contributed by atoms with E-state index >= 15 is 0 Å². The number of pyridine rings is 1. The molecule has 3 N–H and O–H groups in total. The summed E-state index contributed by atoms with van der Waals surface area (Å²) in [6.45, 7) is 1.83.